The molecule has 5 atom stereocenters. The molecule has 3 aliphatic carbocycles. The van der Waals surface area contributed by atoms with Crippen molar-refractivity contribution in [3.63, 3.8) is 0 Å². The minimum Gasteiger partial charge on any atom is -0.481 e. The van der Waals surface area contributed by atoms with Crippen molar-refractivity contribution in [2.24, 2.45) is 11.8 Å². The molecule has 11 nitrogen and oxygen atoms in total. The summed E-state index contributed by atoms with van der Waals surface area (Å²) in [6.45, 7) is -0.110. The molecule has 0 spiro atoms. The van der Waals surface area contributed by atoms with E-state index in [1.54, 1.807) is 11.9 Å². The molecule has 224 valence electrons. The number of carboxylic acids is 1. The van der Waals surface area contributed by atoms with Gasteiger partial charge < -0.3 is 30.9 Å². The van der Waals surface area contributed by atoms with Gasteiger partial charge in [-0.15, -0.1) is 11.6 Å². The second-order valence-electron chi connectivity index (χ2n) is 12.1. The number of carbonyl (C=O) groups excluding carboxylic acids is 4. The molecule has 40 heavy (non-hydrogen) atoms. The van der Waals surface area contributed by atoms with E-state index in [9.17, 15) is 24.0 Å². The lowest BCUT2D eigenvalue weighted by Crippen LogP contribution is -2.51. The zero-order chi connectivity index (χ0) is 28.8. The molecule has 0 aromatic rings. The molecule has 4 rings (SSSR count). The number of halogens is 1. The van der Waals surface area contributed by atoms with Crippen LogP contribution in [0.15, 0.2) is 0 Å². The molecule has 1 saturated heterocycles. The Morgan fingerprint density at radius 1 is 0.925 bits per heavy atom. The molecular formula is C28H44ClN5O6. The lowest BCUT2D eigenvalue weighted by Gasteiger charge is -2.39. The number of aliphatic carboxylic acids is 1. The van der Waals surface area contributed by atoms with Gasteiger partial charge in [-0.1, -0.05) is 12.8 Å². The van der Waals surface area contributed by atoms with Gasteiger partial charge in [-0.05, 0) is 63.7 Å². The fourth-order valence-corrected chi connectivity index (χ4v) is 7.25. The minimum absolute atomic E-state index is 0.000984. The van der Waals surface area contributed by atoms with Crippen LogP contribution in [-0.2, 0) is 19.2 Å². The average molecular weight is 582 g/mol. The van der Waals surface area contributed by atoms with E-state index in [-0.39, 0.29) is 78.7 Å². The standard InChI is InChI=1S/C28H44ClN5O6/c1-33-23-11-10-19(15-20(23)27(39)34(16-25(33)36)13-12-26(37)38)30-24(35)14-17-6-8-18(9-7-17)31-28(40)32-22-5-3-2-4-21(22)29/h17-23H,2-16H2,1H3,(H,30,35)(H,37,38)(H2,31,32,40). The molecule has 1 heterocycles. The Kier molecular flexibility index (Phi) is 10.5. The SMILES string of the molecule is CN1C(=O)CN(CCC(=O)O)C(=O)C2CC(NC(=O)CC3CCC(NC(=O)NC4CCCCC4Cl)CC3)CCC21. The maximum Gasteiger partial charge on any atom is 0.315 e. The van der Waals surface area contributed by atoms with Crippen LogP contribution >= 0.6 is 11.6 Å². The van der Waals surface area contributed by atoms with Crippen molar-refractivity contribution in [3.8, 4) is 0 Å². The van der Waals surface area contributed by atoms with Crippen LogP contribution in [0, 0.1) is 11.8 Å². The lowest BCUT2D eigenvalue weighted by atomic mass is 9.79. The normalized spacial score (nSPS) is 33.0. The van der Waals surface area contributed by atoms with Gasteiger partial charge >= 0.3 is 12.0 Å². The Balaban J connectivity index is 1.21. The molecule has 0 bridgehead atoms. The number of likely N-dealkylation sites (N-methyl/N-ethyl adjacent to an activating group) is 1. The largest absolute Gasteiger partial charge is 0.481 e. The number of rotatable bonds is 8. The van der Waals surface area contributed by atoms with Crippen LogP contribution < -0.4 is 16.0 Å². The molecule has 0 aromatic carbocycles. The third kappa shape index (κ3) is 8.01. The number of alkyl halides is 1. The summed E-state index contributed by atoms with van der Waals surface area (Å²) >= 11 is 6.36. The highest BCUT2D eigenvalue weighted by molar-refractivity contribution is 6.21. The fourth-order valence-electron chi connectivity index (χ4n) is 6.91. The molecule has 4 fully saturated rings. The summed E-state index contributed by atoms with van der Waals surface area (Å²) < 4.78 is 0. The van der Waals surface area contributed by atoms with E-state index in [1.165, 1.54) is 4.90 Å². The summed E-state index contributed by atoms with van der Waals surface area (Å²) in [4.78, 5) is 65.3. The quantitative estimate of drug-likeness (QED) is 0.323. The number of hydrogen-bond donors (Lipinski definition) is 4. The van der Waals surface area contributed by atoms with E-state index in [2.05, 4.69) is 16.0 Å². The van der Waals surface area contributed by atoms with Gasteiger partial charge in [0.1, 0.15) is 0 Å². The average Bonchev–Trinajstić information content (AvgIpc) is 3.00. The molecule has 0 radical (unpaired) electrons. The number of hydrogen-bond acceptors (Lipinski definition) is 5. The zero-order valence-electron chi connectivity index (χ0n) is 23.4. The first-order valence-electron chi connectivity index (χ1n) is 14.9. The Bertz CT molecular complexity index is 957. The number of carbonyl (C=O) groups is 5. The first-order valence-corrected chi connectivity index (χ1v) is 15.3. The van der Waals surface area contributed by atoms with Crippen LogP contribution in [-0.4, -0.2) is 94.3 Å². The molecule has 3 saturated carbocycles. The van der Waals surface area contributed by atoms with Gasteiger partial charge in [0.05, 0.1) is 24.3 Å². The van der Waals surface area contributed by atoms with E-state index in [4.69, 9.17) is 16.7 Å². The molecule has 4 N–H and O–H groups in total. The minimum atomic E-state index is -1.01. The Morgan fingerprint density at radius 2 is 1.62 bits per heavy atom. The maximum absolute atomic E-state index is 13.3. The zero-order valence-corrected chi connectivity index (χ0v) is 24.2. The van der Waals surface area contributed by atoms with E-state index < -0.39 is 11.9 Å². The highest BCUT2D eigenvalue weighted by Crippen LogP contribution is 2.33. The summed E-state index contributed by atoms with van der Waals surface area (Å²) in [6.07, 6.45) is 9.35. The topological polar surface area (TPSA) is 148 Å². The first-order chi connectivity index (χ1) is 19.1. The van der Waals surface area contributed by atoms with E-state index in [0.717, 1.165) is 51.4 Å². The molecule has 0 aromatic heterocycles. The third-order valence-electron chi connectivity index (χ3n) is 9.27. The van der Waals surface area contributed by atoms with Gasteiger partial charge in [-0.3, -0.25) is 19.2 Å². The summed E-state index contributed by atoms with van der Waals surface area (Å²) in [7, 11) is 1.70. The second-order valence-corrected chi connectivity index (χ2v) is 12.7. The summed E-state index contributed by atoms with van der Waals surface area (Å²) in [5.74, 6) is -1.65. The second kappa shape index (κ2) is 13.9. The summed E-state index contributed by atoms with van der Waals surface area (Å²) in [5.41, 5.74) is 0. The van der Waals surface area contributed by atoms with Gasteiger partial charge in [0.2, 0.25) is 17.7 Å². The molecule has 12 heteroatoms. The van der Waals surface area contributed by atoms with Crippen LogP contribution in [0.4, 0.5) is 4.79 Å². The Hall–Kier alpha value is -2.56. The van der Waals surface area contributed by atoms with Crippen LogP contribution in [0.3, 0.4) is 0 Å². The van der Waals surface area contributed by atoms with Crippen molar-refractivity contribution in [2.45, 2.75) is 113 Å². The number of nitrogens with zero attached hydrogens (tertiary/aromatic N) is 2. The van der Waals surface area contributed by atoms with E-state index >= 15 is 0 Å². The van der Waals surface area contributed by atoms with Crippen molar-refractivity contribution in [2.75, 3.05) is 20.1 Å². The number of amides is 5. The predicted octanol–water partition coefficient (Wildman–Crippen LogP) is 2.21. The Labute approximate surface area is 241 Å². The monoisotopic (exact) mass is 581 g/mol. The van der Waals surface area contributed by atoms with Crippen molar-refractivity contribution < 1.29 is 29.1 Å². The van der Waals surface area contributed by atoms with Crippen molar-refractivity contribution in [1.82, 2.24) is 25.8 Å². The fraction of sp³-hybridized carbons (Fsp3) is 0.821. The molecule has 5 amide bonds. The smallest absolute Gasteiger partial charge is 0.315 e. The van der Waals surface area contributed by atoms with Crippen molar-refractivity contribution in [1.29, 1.82) is 0 Å². The van der Waals surface area contributed by atoms with E-state index in [1.807, 2.05) is 0 Å². The highest BCUT2D eigenvalue weighted by Gasteiger charge is 2.44. The van der Waals surface area contributed by atoms with Gasteiger partial charge in [0.25, 0.3) is 0 Å². The van der Waals surface area contributed by atoms with E-state index in [0.29, 0.717) is 25.7 Å². The predicted molar refractivity (Wildman–Crippen MR) is 149 cm³/mol. The maximum atomic E-state index is 13.3. The Morgan fingerprint density at radius 3 is 2.33 bits per heavy atom. The van der Waals surface area contributed by atoms with Crippen LogP contribution in [0.25, 0.3) is 0 Å². The van der Waals surface area contributed by atoms with Gasteiger partial charge in [-0.2, -0.15) is 0 Å². The van der Waals surface area contributed by atoms with Crippen LogP contribution in [0.2, 0.25) is 0 Å². The summed E-state index contributed by atoms with van der Waals surface area (Å²) in [6, 6.07) is -0.440. The first kappa shape index (κ1) is 30.4. The molecule has 1 aliphatic heterocycles. The molecular weight excluding hydrogens is 538 g/mol. The molecule has 4 aliphatic rings. The lowest BCUT2D eigenvalue weighted by molar-refractivity contribution is -0.141. The number of carboxylic acid groups (broad SMARTS) is 1. The third-order valence-corrected chi connectivity index (χ3v) is 9.80. The van der Waals surface area contributed by atoms with Gasteiger partial charge in [0.15, 0.2) is 0 Å². The van der Waals surface area contributed by atoms with Gasteiger partial charge in [-0.25, -0.2) is 4.79 Å². The number of nitrogens with one attached hydrogen (secondary N) is 3. The van der Waals surface area contributed by atoms with Crippen LogP contribution in [0.1, 0.15) is 83.5 Å². The van der Waals surface area contributed by atoms with Gasteiger partial charge in [0, 0.05) is 44.2 Å². The number of fused-ring (bicyclic) bond motifs is 1. The van der Waals surface area contributed by atoms with Crippen molar-refractivity contribution >= 4 is 41.3 Å². The highest BCUT2D eigenvalue weighted by atomic mass is 35.5. The number of urea groups is 1. The van der Waals surface area contributed by atoms with Crippen LogP contribution in [0.5, 0.6) is 0 Å². The molecule has 5 unspecified atom stereocenters. The van der Waals surface area contributed by atoms with Crippen molar-refractivity contribution in [3.05, 3.63) is 0 Å². The summed E-state index contributed by atoms with van der Waals surface area (Å²) in [5, 5.41) is 18.3.